The number of fused-ring (bicyclic) bond motifs is 1. The summed E-state index contributed by atoms with van der Waals surface area (Å²) in [6.07, 6.45) is 5.99. The summed E-state index contributed by atoms with van der Waals surface area (Å²) in [5.74, 6) is 1.10. The van der Waals surface area contributed by atoms with Crippen LogP contribution >= 0.6 is 0 Å². The highest BCUT2D eigenvalue weighted by Gasteiger charge is 2.28. The highest BCUT2D eigenvalue weighted by Crippen LogP contribution is 2.28. The standard InChI is InChI=1S/C23H22FN7O/c1-30(18-9-11-31(13-18)22-19-8-10-25-21(19)27-14-28-22)20-7-2-15(12-26-20)23(32)29-17-5-3-16(24)4-6-17/h2-8,10,12,14,18H,9,11,13H2,1H3,(H,29,32)(H,25,27,28). The number of anilines is 3. The molecule has 3 aromatic heterocycles. The van der Waals surface area contributed by atoms with Crippen molar-refractivity contribution in [2.24, 2.45) is 0 Å². The Hall–Kier alpha value is -4.01. The zero-order chi connectivity index (χ0) is 22.1. The van der Waals surface area contributed by atoms with Crippen LogP contribution in [0.2, 0.25) is 0 Å². The Balaban J connectivity index is 1.25. The number of nitrogens with zero attached hydrogens (tertiary/aromatic N) is 5. The molecule has 32 heavy (non-hydrogen) atoms. The topological polar surface area (TPSA) is 90.0 Å². The second-order valence-corrected chi connectivity index (χ2v) is 7.80. The summed E-state index contributed by atoms with van der Waals surface area (Å²) < 4.78 is 13.0. The smallest absolute Gasteiger partial charge is 0.257 e. The van der Waals surface area contributed by atoms with Crippen LogP contribution in [-0.4, -0.2) is 52.0 Å². The van der Waals surface area contributed by atoms with E-state index >= 15 is 0 Å². The average Bonchev–Trinajstić information content (AvgIpc) is 3.50. The number of pyridine rings is 1. The number of hydrogen-bond acceptors (Lipinski definition) is 6. The molecular formula is C23H22FN7O. The third kappa shape index (κ3) is 3.84. The van der Waals surface area contributed by atoms with Crippen molar-refractivity contribution < 1.29 is 9.18 Å². The molecule has 0 radical (unpaired) electrons. The number of amides is 1. The highest BCUT2D eigenvalue weighted by atomic mass is 19.1. The minimum atomic E-state index is -0.347. The van der Waals surface area contributed by atoms with Gasteiger partial charge in [0.05, 0.1) is 10.9 Å². The number of carbonyl (C=O) groups excluding carboxylic acids is 1. The number of H-pyrrole nitrogens is 1. The number of nitrogens with one attached hydrogen (secondary N) is 2. The van der Waals surface area contributed by atoms with Gasteiger partial charge in [-0.15, -0.1) is 0 Å². The van der Waals surface area contributed by atoms with E-state index in [2.05, 4.69) is 35.1 Å². The van der Waals surface area contributed by atoms with Crippen molar-refractivity contribution >= 4 is 34.3 Å². The van der Waals surface area contributed by atoms with Gasteiger partial charge >= 0.3 is 0 Å². The molecule has 1 aromatic carbocycles. The number of aromatic nitrogens is 4. The first kappa shape index (κ1) is 19.9. The molecule has 0 saturated carbocycles. The fourth-order valence-corrected chi connectivity index (χ4v) is 4.01. The number of halogens is 1. The van der Waals surface area contributed by atoms with Gasteiger partial charge in [-0.1, -0.05) is 0 Å². The fourth-order valence-electron chi connectivity index (χ4n) is 4.01. The van der Waals surface area contributed by atoms with Crippen LogP contribution < -0.4 is 15.1 Å². The molecule has 4 heterocycles. The number of aromatic amines is 1. The molecule has 1 amide bonds. The van der Waals surface area contributed by atoms with Gasteiger partial charge in [0.1, 0.15) is 29.4 Å². The quantitative estimate of drug-likeness (QED) is 0.503. The van der Waals surface area contributed by atoms with Gasteiger partial charge in [0.25, 0.3) is 5.91 Å². The molecule has 1 aliphatic heterocycles. The normalized spacial score (nSPS) is 15.8. The summed E-state index contributed by atoms with van der Waals surface area (Å²) in [7, 11) is 2.01. The Morgan fingerprint density at radius 2 is 2.00 bits per heavy atom. The Kier molecular flexibility index (Phi) is 5.14. The highest BCUT2D eigenvalue weighted by molar-refractivity contribution is 6.04. The van der Waals surface area contributed by atoms with Crippen LogP contribution in [0.25, 0.3) is 11.0 Å². The van der Waals surface area contributed by atoms with Crippen molar-refractivity contribution in [2.45, 2.75) is 12.5 Å². The zero-order valence-corrected chi connectivity index (χ0v) is 17.5. The van der Waals surface area contributed by atoms with Gasteiger partial charge in [0.2, 0.25) is 0 Å². The minimum absolute atomic E-state index is 0.269. The largest absolute Gasteiger partial charge is 0.355 e. The number of rotatable bonds is 5. The molecule has 162 valence electrons. The lowest BCUT2D eigenvalue weighted by molar-refractivity contribution is 0.102. The maximum atomic E-state index is 13.0. The molecule has 0 bridgehead atoms. The SMILES string of the molecule is CN(c1ccc(C(=O)Nc2ccc(F)cc2)cn1)C1CCN(c2ncnc3[nH]ccc23)C1. The van der Waals surface area contributed by atoms with Crippen molar-refractivity contribution in [3.05, 3.63) is 72.6 Å². The van der Waals surface area contributed by atoms with Crippen molar-refractivity contribution in [2.75, 3.05) is 35.3 Å². The van der Waals surface area contributed by atoms with Gasteiger partial charge in [-0.2, -0.15) is 0 Å². The first-order chi connectivity index (χ1) is 15.6. The molecule has 0 spiro atoms. The van der Waals surface area contributed by atoms with Gasteiger partial charge in [0.15, 0.2) is 0 Å². The molecule has 0 aliphatic carbocycles. The molecule has 1 atom stereocenters. The molecule has 9 heteroatoms. The van der Waals surface area contributed by atoms with Gasteiger partial charge < -0.3 is 20.1 Å². The van der Waals surface area contributed by atoms with E-state index in [9.17, 15) is 9.18 Å². The maximum Gasteiger partial charge on any atom is 0.257 e. The summed E-state index contributed by atoms with van der Waals surface area (Å²) in [6, 6.07) is 11.5. The summed E-state index contributed by atoms with van der Waals surface area (Å²) in [5, 5.41) is 3.76. The monoisotopic (exact) mass is 431 g/mol. The lowest BCUT2D eigenvalue weighted by atomic mass is 10.2. The Labute approximate surface area is 184 Å². The summed E-state index contributed by atoms with van der Waals surface area (Å²) in [6.45, 7) is 1.72. The molecule has 1 aliphatic rings. The second-order valence-electron chi connectivity index (χ2n) is 7.80. The first-order valence-electron chi connectivity index (χ1n) is 10.4. The number of hydrogen-bond donors (Lipinski definition) is 2. The van der Waals surface area contributed by atoms with Crippen LogP contribution in [0.3, 0.4) is 0 Å². The Bertz CT molecular complexity index is 1240. The van der Waals surface area contributed by atoms with Gasteiger partial charge in [-0.3, -0.25) is 4.79 Å². The second kappa shape index (κ2) is 8.26. The van der Waals surface area contributed by atoms with E-state index in [1.165, 1.54) is 24.3 Å². The average molecular weight is 431 g/mol. The summed E-state index contributed by atoms with van der Waals surface area (Å²) >= 11 is 0. The van der Waals surface area contributed by atoms with E-state index in [1.807, 2.05) is 25.4 Å². The van der Waals surface area contributed by atoms with Crippen LogP contribution in [0.15, 0.2) is 61.2 Å². The first-order valence-corrected chi connectivity index (χ1v) is 10.4. The number of benzene rings is 1. The summed E-state index contributed by atoms with van der Waals surface area (Å²) in [4.78, 5) is 33.2. The predicted octanol–water partition coefficient (Wildman–Crippen LogP) is 3.46. The van der Waals surface area contributed by atoms with Gasteiger partial charge in [-0.05, 0) is 48.9 Å². The van der Waals surface area contributed by atoms with Crippen molar-refractivity contribution in [1.29, 1.82) is 0 Å². The molecule has 8 nitrogen and oxygen atoms in total. The van der Waals surface area contributed by atoms with Crippen LogP contribution in [0.5, 0.6) is 0 Å². The lowest BCUT2D eigenvalue weighted by Gasteiger charge is -2.26. The van der Waals surface area contributed by atoms with E-state index in [4.69, 9.17) is 0 Å². The van der Waals surface area contributed by atoms with Crippen LogP contribution in [0.4, 0.5) is 21.7 Å². The Morgan fingerprint density at radius 3 is 2.78 bits per heavy atom. The Morgan fingerprint density at radius 1 is 1.16 bits per heavy atom. The van der Waals surface area contributed by atoms with Crippen molar-refractivity contribution in [3.8, 4) is 0 Å². The van der Waals surface area contributed by atoms with Crippen LogP contribution in [0, 0.1) is 5.82 Å². The molecule has 4 aromatic rings. The van der Waals surface area contributed by atoms with Gasteiger partial charge in [0, 0.05) is 44.3 Å². The van der Waals surface area contributed by atoms with E-state index < -0.39 is 0 Å². The minimum Gasteiger partial charge on any atom is -0.355 e. The van der Waals surface area contributed by atoms with Crippen molar-refractivity contribution in [3.63, 3.8) is 0 Å². The zero-order valence-electron chi connectivity index (χ0n) is 17.5. The molecule has 1 saturated heterocycles. The molecule has 1 unspecified atom stereocenters. The van der Waals surface area contributed by atoms with E-state index in [0.29, 0.717) is 11.3 Å². The van der Waals surface area contributed by atoms with Crippen LogP contribution in [-0.2, 0) is 0 Å². The molecule has 5 rings (SSSR count). The van der Waals surface area contributed by atoms with Gasteiger partial charge in [-0.25, -0.2) is 19.3 Å². The van der Waals surface area contributed by atoms with E-state index in [1.54, 1.807) is 18.6 Å². The molecule has 2 N–H and O–H groups in total. The third-order valence-corrected chi connectivity index (χ3v) is 5.82. The van der Waals surface area contributed by atoms with E-state index in [-0.39, 0.29) is 17.8 Å². The number of carbonyl (C=O) groups is 1. The predicted molar refractivity (Wildman–Crippen MR) is 121 cm³/mol. The lowest BCUT2D eigenvalue weighted by Crippen LogP contribution is -2.35. The fraction of sp³-hybridized carbons (Fsp3) is 0.217. The van der Waals surface area contributed by atoms with Crippen LogP contribution in [0.1, 0.15) is 16.8 Å². The van der Waals surface area contributed by atoms with E-state index in [0.717, 1.165) is 42.2 Å². The molecule has 1 fully saturated rings. The van der Waals surface area contributed by atoms with Crippen molar-refractivity contribution in [1.82, 2.24) is 19.9 Å². The third-order valence-electron chi connectivity index (χ3n) is 5.82. The maximum absolute atomic E-state index is 13.0. The molecular weight excluding hydrogens is 409 g/mol. The summed E-state index contributed by atoms with van der Waals surface area (Å²) in [5.41, 5.74) is 1.81. The number of likely N-dealkylation sites (N-methyl/N-ethyl adjacent to an activating group) is 1.